The Morgan fingerprint density at radius 2 is 2.00 bits per heavy atom. The van der Waals surface area contributed by atoms with Crippen LogP contribution in [-0.4, -0.2) is 10.8 Å². The number of aryl methyl sites for hydroxylation is 1. The summed E-state index contributed by atoms with van der Waals surface area (Å²) in [5.41, 5.74) is -3.65. The van der Waals surface area contributed by atoms with Crippen LogP contribution in [0.4, 0.5) is 13.2 Å². The SMILES string of the molecule is FC(F)(F)Sc1c(Cl)cccc1CCCBr. The van der Waals surface area contributed by atoms with Crippen LogP contribution in [0.25, 0.3) is 0 Å². The van der Waals surface area contributed by atoms with Crippen LogP contribution < -0.4 is 0 Å². The van der Waals surface area contributed by atoms with Gasteiger partial charge in [0.05, 0.1) is 5.02 Å². The van der Waals surface area contributed by atoms with Gasteiger partial charge in [0.15, 0.2) is 0 Å². The van der Waals surface area contributed by atoms with Gasteiger partial charge in [-0.2, -0.15) is 13.2 Å². The lowest BCUT2D eigenvalue weighted by atomic mass is 10.1. The summed E-state index contributed by atoms with van der Waals surface area (Å²) in [6.07, 6.45) is 1.37. The molecule has 0 N–H and O–H groups in total. The minimum absolute atomic E-state index is 0.123. The summed E-state index contributed by atoms with van der Waals surface area (Å²) < 4.78 is 37.0. The van der Waals surface area contributed by atoms with Gasteiger partial charge >= 0.3 is 5.51 Å². The molecule has 1 aromatic rings. The molecule has 0 heterocycles. The van der Waals surface area contributed by atoms with Gasteiger partial charge in [0.1, 0.15) is 0 Å². The highest BCUT2D eigenvalue weighted by molar-refractivity contribution is 9.09. The fraction of sp³-hybridized carbons (Fsp3) is 0.400. The number of thioether (sulfide) groups is 1. The van der Waals surface area contributed by atoms with Crippen molar-refractivity contribution in [2.24, 2.45) is 0 Å². The molecule has 0 spiro atoms. The fourth-order valence-electron chi connectivity index (χ4n) is 1.24. The van der Waals surface area contributed by atoms with Gasteiger partial charge in [-0.25, -0.2) is 0 Å². The summed E-state index contributed by atoms with van der Waals surface area (Å²) in [7, 11) is 0. The predicted molar refractivity (Wildman–Crippen MR) is 65.5 cm³/mol. The Morgan fingerprint density at radius 3 is 2.56 bits per heavy atom. The first-order valence-corrected chi connectivity index (χ1v) is 6.84. The molecule has 0 fully saturated rings. The Kier molecular flexibility index (Phi) is 5.47. The number of hydrogen-bond donors (Lipinski definition) is 0. The molecule has 0 saturated carbocycles. The smallest absolute Gasteiger partial charge is 0.160 e. The van der Waals surface area contributed by atoms with E-state index in [-0.39, 0.29) is 21.7 Å². The first-order chi connectivity index (χ1) is 7.44. The lowest BCUT2D eigenvalue weighted by Crippen LogP contribution is -2.02. The van der Waals surface area contributed by atoms with Crippen molar-refractivity contribution in [3.05, 3.63) is 28.8 Å². The van der Waals surface area contributed by atoms with Gasteiger partial charge in [0, 0.05) is 10.2 Å². The van der Waals surface area contributed by atoms with Crippen LogP contribution in [0, 0.1) is 0 Å². The van der Waals surface area contributed by atoms with E-state index in [0.717, 1.165) is 11.8 Å². The van der Waals surface area contributed by atoms with Crippen LogP contribution in [0.1, 0.15) is 12.0 Å². The Labute approximate surface area is 110 Å². The second kappa shape index (κ2) is 6.17. The Hall–Kier alpha value is 0.130. The van der Waals surface area contributed by atoms with Gasteiger partial charge in [-0.1, -0.05) is 39.7 Å². The quantitative estimate of drug-likeness (QED) is 0.533. The molecule has 90 valence electrons. The minimum atomic E-state index is -4.30. The number of hydrogen-bond acceptors (Lipinski definition) is 1. The van der Waals surface area contributed by atoms with Gasteiger partial charge in [0.25, 0.3) is 0 Å². The molecule has 6 heteroatoms. The molecule has 0 aliphatic carbocycles. The standard InChI is InChI=1S/C10H9BrClF3S/c11-6-2-4-7-3-1-5-8(12)9(7)16-10(13,14)15/h1,3,5H,2,4,6H2. The van der Waals surface area contributed by atoms with Crippen LogP contribution in [-0.2, 0) is 6.42 Å². The highest BCUT2D eigenvalue weighted by Crippen LogP contribution is 2.42. The third-order valence-corrected chi connectivity index (χ3v) is 3.75. The van der Waals surface area contributed by atoms with Crippen LogP contribution in [0.3, 0.4) is 0 Å². The first kappa shape index (κ1) is 14.2. The Bertz CT molecular complexity index is 354. The topological polar surface area (TPSA) is 0 Å². The summed E-state index contributed by atoms with van der Waals surface area (Å²) in [6, 6.07) is 4.84. The van der Waals surface area contributed by atoms with Crippen LogP contribution in [0.15, 0.2) is 23.1 Å². The number of benzene rings is 1. The van der Waals surface area contributed by atoms with Crippen molar-refractivity contribution in [3.8, 4) is 0 Å². The number of rotatable bonds is 4. The van der Waals surface area contributed by atoms with E-state index in [1.807, 2.05) is 0 Å². The van der Waals surface area contributed by atoms with Crippen molar-refractivity contribution in [2.45, 2.75) is 23.2 Å². The molecule has 0 aliphatic rings. The molecular weight excluding hydrogens is 325 g/mol. The molecule has 0 atom stereocenters. The molecule has 16 heavy (non-hydrogen) atoms. The molecule has 0 aliphatic heterocycles. The number of alkyl halides is 4. The molecule has 0 unspecified atom stereocenters. The maximum atomic E-state index is 12.3. The van der Waals surface area contributed by atoms with E-state index in [4.69, 9.17) is 11.6 Å². The zero-order valence-corrected chi connectivity index (χ0v) is 11.3. The zero-order valence-electron chi connectivity index (χ0n) is 8.15. The largest absolute Gasteiger partial charge is 0.446 e. The van der Waals surface area contributed by atoms with Gasteiger partial charge < -0.3 is 0 Å². The van der Waals surface area contributed by atoms with Crippen molar-refractivity contribution < 1.29 is 13.2 Å². The van der Waals surface area contributed by atoms with E-state index in [9.17, 15) is 13.2 Å². The van der Waals surface area contributed by atoms with E-state index in [2.05, 4.69) is 15.9 Å². The minimum Gasteiger partial charge on any atom is -0.160 e. The highest BCUT2D eigenvalue weighted by Gasteiger charge is 2.31. The summed E-state index contributed by atoms with van der Waals surface area (Å²) in [5.74, 6) is 0. The van der Waals surface area contributed by atoms with Crippen LogP contribution >= 0.6 is 39.3 Å². The molecule has 0 bridgehead atoms. The Morgan fingerprint density at radius 1 is 1.31 bits per heavy atom. The number of halogens is 5. The van der Waals surface area contributed by atoms with Crippen molar-refractivity contribution in [3.63, 3.8) is 0 Å². The summed E-state index contributed by atoms with van der Waals surface area (Å²) in [6.45, 7) is 0. The van der Waals surface area contributed by atoms with Gasteiger partial charge in [-0.05, 0) is 36.2 Å². The fourth-order valence-corrected chi connectivity index (χ4v) is 2.53. The van der Waals surface area contributed by atoms with Gasteiger partial charge in [-0.3, -0.25) is 0 Å². The lowest BCUT2D eigenvalue weighted by Gasteiger charge is -2.12. The maximum absolute atomic E-state index is 12.3. The summed E-state index contributed by atoms with van der Waals surface area (Å²) in [5, 5.41) is 0.921. The predicted octanol–water partition coefficient (Wildman–Crippen LogP) is 5.28. The van der Waals surface area contributed by atoms with Crippen molar-refractivity contribution in [2.75, 3.05) is 5.33 Å². The van der Waals surface area contributed by atoms with E-state index < -0.39 is 5.51 Å². The third-order valence-electron chi connectivity index (χ3n) is 1.85. The first-order valence-electron chi connectivity index (χ1n) is 4.53. The highest BCUT2D eigenvalue weighted by atomic mass is 79.9. The lowest BCUT2D eigenvalue weighted by molar-refractivity contribution is -0.0328. The second-order valence-corrected chi connectivity index (χ2v) is 5.34. The second-order valence-electron chi connectivity index (χ2n) is 3.07. The van der Waals surface area contributed by atoms with E-state index in [1.54, 1.807) is 12.1 Å². The zero-order chi connectivity index (χ0) is 12.2. The molecule has 1 aromatic carbocycles. The molecule has 0 aromatic heterocycles. The molecular formula is C10H9BrClF3S. The maximum Gasteiger partial charge on any atom is 0.446 e. The summed E-state index contributed by atoms with van der Waals surface area (Å²) in [4.78, 5) is 0.123. The van der Waals surface area contributed by atoms with Gasteiger partial charge in [-0.15, -0.1) is 0 Å². The Balaban J connectivity index is 2.94. The van der Waals surface area contributed by atoms with E-state index >= 15 is 0 Å². The summed E-state index contributed by atoms with van der Waals surface area (Å²) >= 11 is 8.89. The average molecular weight is 334 g/mol. The third kappa shape index (κ3) is 4.55. The molecule has 0 nitrogen and oxygen atoms in total. The van der Waals surface area contributed by atoms with E-state index in [1.165, 1.54) is 6.07 Å². The van der Waals surface area contributed by atoms with Gasteiger partial charge in [0.2, 0.25) is 0 Å². The van der Waals surface area contributed by atoms with Crippen molar-refractivity contribution in [1.82, 2.24) is 0 Å². The van der Waals surface area contributed by atoms with Crippen LogP contribution in [0.5, 0.6) is 0 Å². The molecule has 0 radical (unpaired) electrons. The normalized spacial score (nSPS) is 11.8. The molecule has 0 amide bonds. The average Bonchev–Trinajstić information content (AvgIpc) is 2.17. The van der Waals surface area contributed by atoms with Crippen molar-refractivity contribution >= 4 is 39.3 Å². The van der Waals surface area contributed by atoms with E-state index in [0.29, 0.717) is 12.0 Å². The molecule has 0 saturated heterocycles. The monoisotopic (exact) mass is 332 g/mol. The van der Waals surface area contributed by atoms with Crippen LogP contribution in [0.2, 0.25) is 5.02 Å². The molecule has 1 rings (SSSR count). The van der Waals surface area contributed by atoms with Crippen molar-refractivity contribution in [1.29, 1.82) is 0 Å².